The molecule has 0 amide bonds. The quantitative estimate of drug-likeness (QED) is 0.176. The smallest absolute Gasteiger partial charge is 0.143 e. The number of rotatable bonds is 6. The van der Waals surface area contributed by atoms with Gasteiger partial charge in [-0.15, -0.1) is 0 Å². The third-order valence-corrected chi connectivity index (χ3v) is 10.2. The molecule has 0 saturated heterocycles. The molecular weight excluding hydrogens is 631 g/mol. The molecular formula is C50H33NO. The summed E-state index contributed by atoms with van der Waals surface area (Å²) in [5, 5.41) is 7.09. The first-order valence-electron chi connectivity index (χ1n) is 17.8. The Kier molecular flexibility index (Phi) is 7.18. The topological polar surface area (TPSA) is 16.4 Å². The molecule has 52 heavy (non-hydrogen) atoms. The number of hydrogen-bond acceptors (Lipinski definition) is 2. The molecule has 1 aromatic heterocycles. The summed E-state index contributed by atoms with van der Waals surface area (Å²) in [4.78, 5) is 2.30. The van der Waals surface area contributed by atoms with Crippen LogP contribution in [0.4, 0.5) is 17.1 Å². The number of nitrogens with zero attached hydrogens (tertiary/aromatic N) is 1. The van der Waals surface area contributed by atoms with E-state index in [9.17, 15) is 0 Å². The van der Waals surface area contributed by atoms with Gasteiger partial charge in [-0.25, -0.2) is 0 Å². The predicted molar refractivity (Wildman–Crippen MR) is 220 cm³/mol. The number of benzene rings is 9. The van der Waals surface area contributed by atoms with E-state index in [1.807, 2.05) is 0 Å². The Morgan fingerprint density at radius 2 is 0.865 bits per heavy atom. The monoisotopic (exact) mass is 663 g/mol. The van der Waals surface area contributed by atoms with Gasteiger partial charge in [0.2, 0.25) is 0 Å². The Morgan fingerprint density at radius 1 is 0.308 bits per heavy atom. The molecule has 9 aromatic carbocycles. The number of anilines is 3. The van der Waals surface area contributed by atoms with E-state index in [1.165, 1.54) is 43.8 Å². The van der Waals surface area contributed by atoms with E-state index in [4.69, 9.17) is 4.42 Å². The van der Waals surface area contributed by atoms with Crippen LogP contribution in [0, 0.1) is 0 Å². The number of fused-ring (bicyclic) bond motifs is 5. The highest BCUT2D eigenvalue weighted by atomic mass is 16.3. The first kappa shape index (κ1) is 30.0. The van der Waals surface area contributed by atoms with Crippen molar-refractivity contribution in [1.29, 1.82) is 0 Å². The molecule has 0 saturated carbocycles. The lowest BCUT2D eigenvalue weighted by molar-refractivity contribution is 0.670. The molecule has 0 aliphatic heterocycles. The zero-order chi connectivity index (χ0) is 34.4. The van der Waals surface area contributed by atoms with Crippen LogP contribution in [0.1, 0.15) is 0 Å². The number of hydrogen-bond donors (Lipinski definition) is 0. The van der Waals surface area contributed by atoms with E-state index in [0.717, 1.165) is 50.1 Å². The van der Waals surface area contributed by atoms with Gasteiger partial charge in [-0.05, 0) is 97.9 Å². The van der Waals surface area contributed by atoms with Gasteiger partial charge in [-0.2, -0.15) is 0 Å². The molecule has 2 heteroatoms. The summed E-state index contributed by atoms with van der Waals surface area (Å²) < 4.78 is 6.92. The fourth-order valence-electron chi connectivity index (χ4n) is 7.64. The van der Waals surface area contributed by atoms with Crippen LogP contribution in [-0.2, 0) is 0 Å². The maximum atomic E-state index is 6.92. The van der Waals surface area contributed by atoms with E-state index < -0.39 is 0 Å². The van der Waals surface area contributed by atoms with Crippen molar-refractivity contribution in [2.45, 2.75) is 0 Å². The van der Waals surface area contributed by atoms with Crippen LogP contribution < -0.4 is 4.90 Å². The fraction of sp³-hybridized carbons (Fsp3) is 0. The maximum Gasteiger partial charge on any atom is 0.143 e. The van der Waals surface area contributed by atoms with E-state index in [1.54, 1.807) is 0 Å². The molecule has 0 atom stereocenters. The highest BCUT2D eigenvalue weighted by Gasteiger charge is 2.19. The molecule has 2 nitrogen and oxygen atoms in total. The third-order valence-electron chi connectivity index (χ3n) is 10.2. The van der Waals surface area contributed by atoms with Gasteiger partial charge < -0.3 is 9.32 Å². The SMILES string of the molecule is c1ccc(-c2ccc(N(c3ccccc3)c3ccc4c(c3)oc3c(-c5ccc(-c6ccc7ccccc7c6)cc5)c5ccccc5cc34)cc2)cc1. The Labute approximate surface area is 302 Å². The van der Waals surface area contributed by atoms with Gasteiger partial charge in [0.1, 0.15) is 11.2 Å². The Bertz CT molecular complexity index is 2870. The van der Waals surface area contributed by atoms with Crippen LogP contribution in [0.5, 0.6) is 0 Å². The first-order valence-corrected chi connectivity index (χ1v) is 17.8. The van der Waals surface area contributed by atoms with Gasteiger partial charge >= 0.3 is 0 Å². The van der Waals surface area contributed by atoms with Crippen LogP contribution in [0.15, 0.2) is 205 Å². The van der Waals surface area contributed by atoms with Gasteiger partial charge in [0.15, 0.2) is 0 Å². The van der Waals surface area contributed by atoms with E-state index in [2.05, 4.69) is 205 Å². The Hall–Kier alpha value is -6.90. The van der Waals surface area contributed by atoms with Crippen LogP contribution >= 0.6 is 0 Å². The normalized spacial score (nSPS) is 11.5. The summed E-state index contributed by atoms with van der Waals surface area (Å²) in [6, 6.07) is 71.5. The van der Waals surface area contributed by atoms with Crippen molar-refractivity contribution in [3.8, 4) is 33.4 Å². The summed E-state index contributed by atoms with van der Waals surface area (Å²) in [6.07, 6.45) is 0. The second kappa shape index (κ2) is 12.5. The molecule has 0 fully saturated rings. The van der Waals surface area contributed by atoms with E-state index in [0.29, 0.717) is 0 Å². The lowest BCUT2D eigenvalue weighted by Gasteiger charge is -2.25. The second-order valence-corrected chi connectivity index (χ2v) is 13.4. The highest BCUT2D eigenvalue weighted by molar-refractivity contribution is 6.18. The van der Waals surface area contributed by atoms with Gasteiger partial charge in [0.25, 0.3) is 0 Å². The van der Waals surface area contributed by atoms with Crippen LogP contribution in [0.2, 0.25) is 0 Å². The van der Waals surface area contributed by atoms with Gasteiger partial charge in [-0.1, -0.05) is 146 Å². The largest absolute Gasteiger partial charge is 0.455 e. The van der Waals surface area contributed by atoms with Crippen molar-refractivity contribution >= 4 is 60.5 Å². The fourth-order valence-corrected chi connectivity index (χ4v) is 7.64. The molecule has 10 rings (SSSR count). The molecule has 0 spiro atoms. The molecule has 0 unspecified atom stereocenters. The van der Waals surface area contributed by atoms with Gasteiger partial charge in [0.05, 0.1) is 0 Å². The van der Waals surface area contributed by atoms with Crippen molar-refractivity contribution < 1.29 is 4.42 Å². The minimum Gasteiger partial charge on any atom is -0.455 e. The molecule has 244 valence electrons. The summed E-state index contributed by atoms with van der Waals surface area (Å²) in [7, 11) is 0. The van der Waals surface area contributed by atoms with Crippen LogP contribution in [0.25, 0.3) is 76.9 Å². The van der Waals surface area contributed by atoms with Crippen molar-refractivity contribution in [1.82, 2.24) is 0 Å². The number of para-hydroxylation sites is 1. The maximum absolute atomic E-state index is 6.92. The van der Waals surface area contributed by atoms with E-state index >= 15 is 0 Å². The van der Waals surface area contributed by atoms with Crippen molar-refractivity contribution in [3.63, 3.8) is 0 Å². The molecule has 0 aliphatic rings. The third kappa shape index (κ3) is 5.21. The minimum atomic E-state index is 0.860. The lowest BCUT2D eigenvalue weighted by Crippen LogP contribution is -2.09. The summed E-state index contributed by atoms with van der Waals surface area (Å²) >= 11 is 0. The second-order valence-electron chi connectivity index (χ2n) is 13.4. The van der Waals surface area contributed by atoms with E-state index in [-0.39, 0.29) is 0 Å². The lowest BCUT2D eigenvalue weighted by atomic mass is 9.93. The molecule has 0 radical (unpaired) electrons. The summed E-state index contributed by atoms with van der Waals surface area (Å²) in [6.45, 7) is 0. The van der Waals surface area contributed by atoms with Gasteiger partial charge in [-0.3, -0.25) is 0 Å². The molecule has 0 bridgehead atoms. The summed E-state index contributed by atoms with van der Waals surface area (Å²) in [5.41, 5.74) is 12.0. The van der Waals surface area contributed by atoms with Crippen molar-refractivity contribution in [2.75, 3.05) is 4.90 Å². The Balaban J connectivity index is 1.10. The van der Waals surface area contributed by atoms with Crippen LogP contribution in [-0.4, -0.2) is 0 Å². The average Bonchev–Trinajstić information content (AvgIpc) is 3.58. The van der Waals surface area contributed by atoms with Crippen LogP contribution in [0.3, 0.4) is 0 Å². The highest BCUT2D eigenvalue weighted by Crippen LogP contribution is 2.44. The van der Waals surface area contributed by atoms with Crippen molar-refractivity contribution in [2.24, 2.45) is 0 Å². The summed E-state index contributed by atoms with van der Waals surface area (Å²) in [5.74, 6) is 0. The molecule has 10 aromatic rings. The zero-order valence-electron chi connectivity index (χ0n) is 28.4. The minimum absolute atomic E-state index is 0.860. The van der Waals surface area contributed by atoms with Crippen molar-refractivity contribution in [3.05, 3.63) is 200 Å². The zero-order valence-corrected chi connectivity index (χ0v) is 28.4. The van der Waals surface area contributed by atoms with Gasteiger partial charge in [0, 0.05) is 39.5 Å². The standard InChI is InChI=1S/C50H33NO/c1-3-11-34(12-4-1)36-25-27-43(28-26-36)51(42-16-5-2-6-17-42)44-29-30-46-47-32-41-15-9-10-18-45(41)49(50(47)52-48(46)33-44)38-22-19-37(20-23-38)40-24-21-35-13-7-8-14-39(35)31-40/h1-33H. The molecule has 1 heterocycles. The number of furan rings is 1. The predicted octanol–water partition coefficient (Wildman–Crippen LogP) is 14.4. The first-order chi connectivity index (χ1) is 25.8. The Morgan fingerprint density at radius 3 is 1.65 bits per heavy atom. The average molecular weight is 664 g/mol. The molecule has 0 aliphatic carbocycles. The molecule has 0 N–H and O–H groups in total.